The lowest BCUT2D eigenvalue weighted by Crippen LogP contribution is -2.55. The summed E-state index contributed by atoms with van der Waals surface area (Å²) in [5, 5.41) is 2.80. The molecule has 1 saturated heterocycles. The lowest BCUT2D eigenvalue weighted by atomic mass is 9.95. The summed E-state index contributed by atoms with van der Waals surface area (Å²) in [5.74, 6) is -0.566. The predicted molar refractivity (Wildman–Crippen MR) is 78.0 cm³/mol. The zero-order chi connectivity index (χ0) is 15.6. The summed E-state index contributed by atoms with van der Waals surface area (Å²) >= 11 is 0. The van der Waals surface area contributed by atoms with Crippen molar-refractivity contribution in [2.24, 2.45) is 0 Å². The Labute approximate surface area is 124 Å². The lowest BCUT2D eigenvalue weighted by Gasteiger charge is -2.35. The summed E-state index contributed by atoms with van der Waals surface area (Å²) in [6, 6.07) is 5.96. The van der Waals surface area contributed by atoms with E-state index in [1.165, 1.54) is 12.1 Å². The minimum atomic E-state index is -0.894. The maximum absolute atomic E-state index is 13.4. The van der Waals surface area contributed by atoms with E-state index >= 15 is 0 Å². The van der Waals surface area contributed by atoms with Crippen molar-refractivity contribution >= 4 is 11.8 Å². The van der Waals surface area contributed by atoms with Gasteiger partial charge < -0.3 is 10.2 Å². The Kier molecular flexibility index (Phi) is 4.30. The maximum atomic E-state index is 13.4. The van der Waals surface area contributed by atoms with Crippen LogP contribution in [0, 0.1) is 5.82 Å². The van der Waals surface area contributed by atoms with E-state index in [1.807, 2.05) is 13.8 Å². The normalized spacial score (nSPS) is 24.5. The second-order valence-electron chi connectivity index (χ2n) is 5.71. The number of carbonyl (C=O) groups is 2. The highest BCUT2D eigenvalue weighted by molar-refractivity contribution is 5.93. The van der Waals surface area contributed by atoms with Crippen molar-refractivity contribution in [2.45, 2.75) is 45.2 Å². The molecule has 1 aromatic carbocycles. The summed E-state index contributed by atoms with van der Waals surface area (Å²) < 4.78 is 13.4. The molecule has 2 amide bonds. The molecule has 2 atom stereocenters. The number of nitrogens with one attached hydrogen (secondary N) is 1. The first kappa shape index (κ1) is 15.5. The molecule has 1 N–H and O–H groups in total. The second-order valence-corrected chi connectivity index (χ2v) is 5.71. The van der Waals surface area contributed by atoms with Gasteiger partial charge in [-0.05, 0) is 38.0 Å². The molecule has 1 aromatic rings. The van der Waals surface area contributed by atoms with Gasteiger partial charge in [-0.2, -0.15) is 0 Å². The van der Waals surface area contributed by atoms with Crippen LogP contribution in [0.15, 0.2) is 24.3 Å². The summed E-state index contributed by atoms with van der Waals surface area (Å²) in [5.41, 5.74) is -0.161. The fraction of sp³-hybridized carbons (Fsp3) is 0.500. The number of halogens is 1. The molecule has 21 heavy (non-hydrogen) atoms. The molecule has 0 spiro atoms. The van der Waals surface area contributed by atoms with Crippen LogP contribution < -0.4 is 5.32 Å². The van der Waals surface area contributed by atoms with E-state index in [1.54, 1.807) is 24.0 Å². The van der Waals surface area contributed by atoms with Gasteiger partial charge in [0.1, 0.15) is 11.4 Å². The molecule has 1 fully saturated rings. The van der Waals surface area contributed by atoms with E-state index in [4.69, 9.17) is 0 Å². The van der Waals surface area contributed by atoms with Crippen LogP contribution in [0.25, 0.3) is 0 Å². The Morgan fingerprint density at radius 3 is 2.76 bits per heavy atom. The first-order valence-electron chi connectivity index (χ1n) is 7.25. The van der Waals surface area contributed by atoms with Crippen molar-refractivity contribution < 1.29 is 14.0 Å². The molecule has 1 heterocycles. The minimum Gasteiger partial charge on any atom is -0.342 e. The molecule has 4 nitrogen and oxygen atoms in total. The van der Waals surface area contributed by atoms with E-state index in [0.717, 1.165) is 5.56 Å². The largest absolute Gasteiger partial charge is 0.342 e. The zero-order valence-corrected chi connectivity index (χ0v) is 12.6. The fourth-order valence-corrected chi connectivity index (χ4v) is 2.62. The average molecular weight is 292 g/mol. The van der Waals surface area contributed by atoms with Gasteiger partial charge in [0.25, 0.3) is 0 Å². The van der Waals surface area contributed by atoms with E-state index in [-0.39, 0.29) is 30.1 Å². The molecule has 0 aliphatic carbocycles. The van der Waals surface area contributed by atoms with Crippen molar-refractivity contribution in [3.63, 3.8) is 0 Å². The molecule has 114 valence electrons. The Bertz CT molecular complexity index is 561. The van der Waals surface area contributed by atoms with Crippen LogP contribution in [0.2, 0.25) is 0 Å². The van der Waals surface area contributed by atoms with Gasteiger partial charge in [-0.15, -0.1) is 0 Å². The van der Waals surface area contributed by atoms with Crippen molar-refractivity contribution in [2.75, 3.05) is 6.54 Å². The highest BCUT2D eigenvalue weighted by Crippen LogP contribution is 2.27. The summed E-state index contributed by atoms with van der Waals surface area (Å²) in [4.78, 5) is 26.2. The van der Waals surface area contributed by atoms with Crippen LogP contribution in [0.5, 0.6) is 0 Å². The van der Waals surface area contributed by atoms with Crippen LogP contribution in [0.4, 0.5) is 4.39 Å². The molecule has 0 saturated carbocycles. The monoisotopic (exact) mass is 292 g/mol. The van der Waals surface area contributed by atoms with Gasteiger partial charge in [0.2, 0.25) is 11.8 Å². The first-order chi connectivity index (χ1) is 9.87. The SMILES string of the molecule is CCC1(C)NC(=O)CCN(C(C)c2cccc(F)c2)C1=O. The molecule has 1 aliphatic heterocycles. The number of hydrogen-bond acceptors (Lipinski definition) is 2. The fourth-order valence-electron chi connectivity index (χ4n) is 2.62. The maximum Gasteiger partial charge on any atom is 0.248 e. The first-order valence-corrected chi connectivity index (χ1v) is 7.25. The Morgan fingerprint density at radius 2 is 2.14 bits per heavy atom. The van der Waals surface area contributed by atoms with Crippen LogP contribution >= 0.6 is 0 Å². The van der Waals surface area contributed by atoms with Crippen LogP contribution in [-0.2, 0) is 9.59 Å². The lowest BCUT2D eigenvalue weighted by molar-refractivity contribution is -0.140. The zero-order valence-electron chi connectivity index (χ0n) is 12.6. The molecular formula is C16H21FN2O2. The third kappa shape index (κ3) is 3.06. The van der Waals surface area contributed by atoms with E-state index in [9.17, 15) is 14.0 Å². The topological polar surface area (TPSA) is 49.4 Å². The summed E-state index contributed by atoms with van der Waals surface area (Å²) in [6.07, 6.45) is 0.783. The van der Waals surface area contributed by atoms with Crippen molar-refractivity contribution in [3.05, 3.63) is 35.6 Å². The molecule has 2 rings (SSSR count). The number of benzene rings is 1. The van der Waals surface area contributed by atoms with E-state index < -0.39 is 5.54 Å². The van der Waals surface area contributed by atoms with Crippen LogP contribution in [0.1, 0.15) is 45.2 Å². The van der Waals surface area contributed by atoms with Crippen LogP contribution in [0.3, 0.4) is 0 Å². The summed E-state index contributed by atoms with van der Waals surface area (Å²) in [7, 11) is 0. The Morgan fingerprint density at radius 1 is 1.43 bits per heavy atom. The minimum absolute atomic E-state index is 0.118. The average Bonchev–Trinajstić information content (AvgIpc) is 2.56. The Balaban J connectivity index is 2.32. The third-order valence-electron chi connectivity index (χ3n) is 4.23. The standard InChI is InChI=1S/C16H21FN2O2/c1-4-16(3)15(21)19(9-8-14(20)18-16)11(2)12-6-5-7-13(17)10-12/h5-7,10-11H,4,8-9H2,1-3H3,(H,18,20). The van der Waals surface area contributed by atoms with Gasteiger partial charge in [-0.3, -0.25) is 9.59 Å². The van der Waals surface area contributed by atoms with Gasteiger partial charge >= 0.3 is 0 Å². The number of nitrogens with zero attached hydrogens (tertiary/aromatic N) is 1. The quantitative estimate of drug-likeness (QED) is 0.930. The van der Waals surface area contributed by atoms with Crippen molar-refractivity contribution in [1.82, 2.24) is 10.2 Å². The van der Waals surface area contributed by atoms with Gasteiger partial charge in [-0.25, -0.2) is 4.39 Å². The highest BCUT2D eigenvalue weighted by Gasteiger charge is 2.40. The predicted octanol–water partition coefficient (Wildman–Crippen LogP) is 2.40. The smallest absolute Gasteiger partial charge is 0.248 e. The third-order valence-corrected chi connectivity index (χ3v) is 4.23. The van der Waals surface area contributed by atoms with Crippen molar-refractivity contribution in [1.29, 1.82) is 0 Å². The molecule has 2 unspecified atom stereocenters. The molecule has 0 aromatic heterocycles. The van der Waals surface area contributed by atoms with Gasteiger partial charge in [-0.1, -0.05) is 19.1 Å². The molecule has 1 aliphatic rings. The van der Waals surface area contributed by atoms with Gasteiger partial charge in [0.05, 0.1) is 6.04 Å². The Hall–Kier alpha value is -1.91. The molecule has 0 radical (unpaired) electrons. The number of hydrogen-bond donors (Lipinski definition) is 1. The highest BCUT2D eigenvalue weighted by atomic mass is 19.1. The molecule has 5 heteroatoms. The van der Waals surface area contributed by atoms with Gasteiger partial charge in [0, 0.05) is 13.0 Å². The van der Waals surface area contributed by atoms with Crippen LogP contribution in [-0.4, -0.2) is 28.8 Å². The summed E-state index contributed by atoms with van der Waals surface area (Å²) in [6.45, 7) is 5.81. The van der Waals surface area contributed by atoms with E-state index in [0.29, 0.717) is 13.0 Å². The number of rotatable bonds is 3. The van der Waals surface area contributed by atoms with Gasteiger partial charge in [0.15, 0.2) is 0 Å². The molecular weight excluding hydrogens is 271 g/mol. The molecule has 0 bridgehead atoms. The number of amides is 2. The van der Waals surface area contributed by atoms with Crippen molar-refractivity contribution in [3.8, 4) is 0 Å². The number of carbonyl (C=O) groups excluding carboxylic acids is 2. The second kappa shape index (κ2) is 5.84. The van der Waals surface area contributed by atoms with E-state index in [2.05, 4.69) is 5.32 Å².